The molecule has 4 heteroatoms. The molecular weight excluding hydrogens is 250 g/mol. The fourth-order valence-electron chi connectivity index (χ4n) is 1.56. The van der Waals surface area contributed by atoms with Gasteiger partial charge in [-0.3, -0.25) is 0 Å². The Labute approximate surface area is 111 Å². The number of pyridine rings is 1. The number of aryl methyl sites for hydroxylation is 2. The number of hydrogen-bond donors (Lipinski definition) is 1. The van der Waals surface area contributed by atoms with E-state index in [2.05, 4.69) is 4.98 Å². The third kappa shape index (κ3) is 2.81. The van der Waals surface area contributed by atoms with Crippen LogP contribution in [0.15, 0.2) is 30.3 Å². The third-order valence-corrected chi connectivity index (χ3v) is 2.95. The first-order valence-electron chi connectivity index (χ1n) is 5.61. The highest BCUT2D eigenvalue weighted by Gasteiger charge is 2.06. The first-order chi connectivity index (χ1) is 8.60. The molecule has 1 aromatic heterocycles. The van der Waals surface area contributed by atoms with Crippen LogP contribution >= 0.6 is 11.6 Å². The summed E-state index contributed by atoms with van der Waals surface area (Å²) in [5, 5.41) is 9.54. The molecule has 0 aliphatic rings. The fraction of sp³-hybridized carbons (Fsp3) is 0.214. The average Bonchev–Trinajstić information content (AvgIpc) is 2.36. The second-order valence-corrected chi connectivity index (χ2v) is 4.51. The van der Waals surface area contributed by atoms with E-state index in [1.807, 2.05) is 32.0 Å². The van der Waals surface area contributed by atoms with Crippen LogP contribution in [0, 0.1) is 13.8 Å². The Kier molecular flexibility index (Phi) is 3.84. The molecule has 18 heavy (non-hydrogen) atoms. The molecule has 0 unspecified atom stereocenters. The van der Waals surface area contributed by atoms with Crippen molar-refractivity contribution in [2.45, 2.75) is 20.5 Å². The van der Waals surface area contributed by atoms with Crippen LogP contribution in [-0.4, -0.2) is 10.1 Å². The van der Waals surface area contributed by atoms with Crippen molar-refractivity contribution in [2.24, 2.45) is 0 Å². The summed E-state index contributed by atoms with van der Waals surface area (Å²) < 4.78 is 5.71. The van der Waals surface area contributed by atoms with Gasteiger partial charge in [0.25, 0.3) is 0 Å². The number of halogens is 1. The molecule has 94 valence electrons. The summed E-state index contributed by atoms with van der Waals surface area (Å²) in [6.07, 6.45) is 0. The monoisotopic (exact) mass is 263 g/mol. The van der Waals surface area contributed by atoms with Gasteiger partial charge in [0.05, 0.1) is 17.3 Å². The van der Waals surface area contributed by atoms with Gasteiger partial charge in [0, 0.05) is 6.07 Å². The van der Waals surface area contributed by atoms with E-state index in [0.717, 1.165) is 16.9 Å². The standard InChI is InChI=1S/C14H14ClNO2/c1-9-3-4-10(2)13(7-9)18-14-6-5-11(15)12(8-17)16-14/h3-7,17H,8H2,1-2H3. The normalized spacial score (nSPS) is 10.4. The minimum Gasteiger partial charge on any atom is -0.439 e. The maximum Gasteiger partial charge on any atom is 0.219 e. The predicted octanol–water partition coefficient (Wildman–Crippen LogP) is 3.64. The Balaban J connectivity index is 2.31. The molecule has 1 aromatic carbocycles. The van der Waals surface area contributed by atoms with E-state index in [4.69, 9.17) is 21.4 Å². The van der Waals surface area contributed by atoms with E-state index in [1.165, 1.54) is 0 Å². The summed E-state index contributed by atoms with van der Waals surface area (Å²) in [5.41, 5.74) is 2.56. The van der Waals surface area contributed by atoms with E-state index >= 15 is 0 Å². The molecule has 0 saturated heterocycles. The summed E-state index contributed by atoms with van der Waals surface area (Å²) in [4.78, 5) is 4.15. The number of aliphatic hydroxyl groups is 1. The molecule has 0 fully saturated rings. The van der Waals surface area contributed by atoms with E-state index in [-0.39, 0.29) is 6.61 Å². The van der Waals surface area contributed by atoms with Crippen molar-refractivity contribution in [3.05, 3.63) is 52.2 Å². The third-order valence-electron chi connectivity index (χ3n) is 2.60. The lowest BCUT2D eigenvalue weighted by molar-refractivity contribution is 0.275. The minimum absolute atomic E-state index is 0.206. The Morgan fingerprint density at radius 3 is 2.72 bits per heavy atom. The van der Waals surface area contributed by atoms with E-state index in [1.54, 1.807) is 12.1 Å². The van der Waals surface area contributed by atoms with Crippen molar-refractivity contribution in [1.82, 2.24) is 4.98 Å². The Bertz CT molecular complexity index is 570. The van der Waals surface area contributed by atoms with Gasteiger partial charge in [-0.25, -0.2) is 4.98 Å². The molecule has 0 amide bonds. The smallest absolute Gasteiger partial charge is 0.219 e. The van der Waals surface area contributed by atoms with Crippen molar-refractivity contribution in [3.63, 3.8) is 0 Å². The number of ether oxygens (including phenoxy) is 1. The first kappa shape index (κ1) is 12.9. The van der Waals surface area contributed by atoms with Crippen LogP contribution in [-0.2, 0) is 6.61 Å². The molecule has 0 aliphatic carbocycles. The van der Waals surface area contributed by atoms with Gasteiger partial charge in [0.2, 0.25) is 5.88 Å². The Morgan fingerprint density at radius 2 is 2.00 bits per heavy atom. The van der Waals surface area contributed by atoms with Crippen LogP contribution in [0.5, 0.6) is 11.6 Å². The summed E-state index contributed by atoms with van der Waals surface area (Å²) >= 11 is 5.88. The molecule has 2 rings (SSSR count). The Morgan fingerprint density at radius 1 is 1.22 bits per heavy atom. The number of hydrogen-bond acceptors (Lipinski definition) is 3. The number of rotatable bonds is 3. The van der Waals surface area contributed by atoms with Crippen molar-refractivity contribution in [1.29, 1.82) is 0 Å². The predicted molar refractivity (Wildman–Crippen MR) is 71.2 cm³/mol. The van der Waals surface area contributed by atoms with Crippen LogP contribution in [0.4, 0.5) is 0 Å². The van der Waals surface area contributed by atoms with Gasteiger partial charge in [-0.05, 0) is 37.1 Å². The van der Waals surface area contributed by atoms with Crippen LogP contribution in [0.3, 0.4) is 0 Å². The highest BCUT2D eigenvalue weighted by molar-refractivity contribution is 6.31. The molecule has 0 aliphatic heterocycles. The van der Waals surface area contributed by atoms with Gasteiger partial charge in [-0.2, -0.15) is 0 Å². The van der Waals surface area contributed by atoms with Gasteiger partial charge >= 0.3 is 0 Å². The summed E-state index contributed by atoms with van der Waals surface area (Å²) in [5.74, 6) is 1.19. The molecule has 0 radical (unpaired) electrons. The molecule has 1 heterocycles. The summed E-state index contributed by atoms with van der Waals surface area (Å²) in [6.45, 7) is 3.77. The number of nitrogens with zero attached hydrogens (tertiary/aromatic N) is 1. The highest BCUT2D eigenvalue weighted by atomic mass is 35.5. The van der Waals surface area contributed by atoms with E-state index < -0.39 is 0 Å². The summed E-state index contributed by atoms with van der Waals surface area (Å²) in [6, 6.07) is 9.32. The molecule has 0 bridgehead atoms. The average molecular weight is 264 g/mol. The number of benzene rings is 1. The summed E-state index contributed by atoms with van der Waals surface area (Å²) in [7, 11) is 0. The van der Waals surface area contributed by atoms with Crippen molar-refractivity contribution < 1.29 is 9.84 Å². The molecular formula is C14H14ClNO2. The van der Waals surface area contributed by atoms with Gasteiger partial charge in [-0.15, -0.1) is 0 Å². The molecule has 3 nitrogen and oxygen atoms in total. The lowest BCUT2D eigenvalue weighted by Gasteiger charge is -2.10. The quantitative estimate of drug-likeness (QED) is 0.919. The first-order valence-corrected chi connectivity index (χ1v) is 5.99. The molecule has 1 N–H and O–H groups in total. The van der Waals surface area contributed by atoms with E-state index in [0.29, 0.717) is 16.6 Å². The van der Waals surface area contributed by atoms with Crippen molar-refractivity contribution >= 4 is 11.6 Å². The number of aromatic nitrogens is 1. The van der Waals surface area contributed by atoms with Gasteiger partial charge in [-0.1, -0.05) is 23.7 Å². The zero-order chi connectivity index (χ0) is 13.1. The van der Waals surface area contributed by atoms with Crippen LogP contribution in [0.25, 0.3) is 0 Å². The van der Waals surface area contributed by atoms with E-state index in [9.17, 15) is 0 Å². The molecule has 0 atom stereocenters. The second-order valence-electron chi connectivity index (χ2n) is 4.11. The van der Waals surface area contributed by atoms with Crippen molar-refractivity contribution in [2.75, 3.05) is 0 Å². The lowest BCUT2D eigenvalue weighted by atomic mass is 10.1. The highest BCUT2D eigenvalue weighted by Crippen LogP contribution is 2.26. The Hall–Kier alpha value is -1.58. The van der Waals surface area contributed by atoms with Gasteiger partial charge < -0.3 is 9.84 Å². The zero-order valence-electron chi connectivity index (χ0n) is 10.3. The second kappa shape index (κ2) is 5.38. The molecule has 2 aromatic rings. The largest absolute Gasteiger partial charge is 0.439 e. The van der Waals surface area contributed by atoms with Crippen LogP contribution in [0.2, 0.25) is 5.02 Å². The molecule has 0 spiro atoms. The molecule has 0 saturated carbocycles. The number of aliphatic hydroxyl groups excluding tert-OH is 1. The lowest BCUT2D eigenvalue weighted by Crippen LogP contribution is -1.95. The van der Waals surface area contributed by atoms with Gasteiger partial charge in [0.1, 0.15) is 5.75 Å². The minimum atomic E-state index is -0.206. The fourth-order valence-corrected chi connectivity index (χ4v) is 1.73. The SMILES string of the molecule is Cc1ccc(C)c(Oc2ccc(Cl)c(CO)n2)c1. The zero-order valence-corrected chi connectivity index (χ0v) is 11.0. The van der Waals surface area contributed by atoms with Crippen LogP contribution < -0.4 is 4.74 Å². The maximum atomic E-state index is 9.11. The maximum absolute atomic E-state index is 9.11. The topological polar surface area (TPSA) is 42.4 Å². The van der Waals surface area contributed by atoms with Gasteiger partial charge in [0.15, 0.2) is 0 Å². The van der Waals surface area contributed by atoms with Crippen LogP contribution in [0.1, 0.15) is 16.8 Å². The van der Waals surface area contributed by atoms with Crippen molar-refractivity contribution in [3.8, 4) is 11.6 Å².